The van der Waals surface area contributed by atoms with E-state index < -0.39 is 0 Å². The first kappa shape index (κ1) is 19.6. The van der Waals surface area contributed by atoms with Crippen LogP contribution in [0.15, 0.2) is 48.5 Å². The Morgan fingerprint density at radius 3 is 2.25 bits per heavy atom. The molecule has 144 valence electrons. The van der Waals surface area contributed by atoms with Crippen molar-refractivity contribution in [2.75, 3.05) is 17.2 Å². The van der Waals surface area contributed by atoms with Gasteiger partial charge in [0.1, 0.15) is 5.75 Å². The van der Waals surface area contributed by atoms with Crippen LogP contribution in [0.4, 0.5) is 17.3 Å². The van der Waals surface area contributed by atoms with Gasteiger partial charge in [0.25, 0.3) is 5.91 Å². The standard InChI is InChI=1S/C21H21ClN4O2/c1-13-10-18(8-9-19(13)22)28-12-20(27)25-16-4-6-17(7-5-16)26-21-23-14(2)11-15(3)24-21/h4-11H,12H2,1-3H3,(H,25,27)(H,23,24,26). The Kier molecular flexibility index (Phi) is 6.11. The molecule has 3 aromatic rings. The minimum absolute atomic E-state index is 0.0858. The molecule has 6 nitrogen and oxygen atoms in total. The monoisotopic (exact) mass is 396 g/mol. The number of ether oxygens (including phenoxy) is 1. The molecule has 1 heterocycles. The van der Waals surface area contributed by atoms with Gasteiger partial charge in [-0.3, -0.25) is 4.79 Å². The lowest BCUT2D eigenvalue weighted by atomic mass is 10.2. The minimum atomic E-state index is -0.244. The van der Waals surface area contributed by atoms with E-state index in [2.05, 4.69) is 20.6 Å². The molecule has 0 spiro atoms. The largest absolute Gasteiger partial charge is 0.484 e. The van der Waals surface area contributed by atoms with E-state index in [4.69, 9.17) is 16.3 Å². The van der Waals surface area contributed by atoms with Crippen LogP contribution in [-0.4, -0.2) is 22.5 Å². The topological polar surface area (TPSA) is 76.1 Å². The molecule has 0 aliphatic heterocycles. The maximum Gasteiger partial charge on any atom is 0.262 e. The molecular formula is C21H21ClN4O2. The summed E-state index contributed by atoms with van der Waals surface area (Å²) in [6.45, 7) is 5.64. The Hall–Kier alpha value is -3.12. The van der Waals surface area contributed by atoms with Crippen LogP contribution in [0.2, 0.25) is 5.02 Å². The zero-order valence-electron chi connectivity index (χ0n) is 15.9. The van der Waals surface area contributed by atoms with Gasteiger partial charge in [-0.1, -0.05) is 11.6 Å². The van der Waals surface area contributed by atoms with Gasteiger partial charge in [-0.25, -0.2) is 9.97 Å². The quantitative estimate of drug-likeness (QED) is 0.624. The number of aromatic nitrogens is 2. The molecule has 1 amide bonds. The fourth-order valence-corrected chi connectivity index (χ4v) is 2.72. The molecule has 0 bridgehead atoms. The molecule has 0 aliphatic rings. The summed E-state index contributed by atoms with van der Waals surface area (Å²) in [6, 6.07) is 14.5. The second-order valence-corrected chi connectivity index (χ2v) is 6.83. The average Bonchev–Trinajstić information content (AvgIpc) is 2.63. The van der Waals surface area contributed by atoms with E-state index in [-0.39, 0.29) is 12.5 Å². The fourth-order valence-electron chi connectivity index (χ4n) is 2.60. The van der Waals surface area contributed by atoms with Gasteiger partial charge in [-0.2, -0.15) is 0 Å². The van der Waals surface area contributed by atoms with E-state index >= 15 is 0 Å². The zero-order chi connectivity index (χ0) is 20.1. The van der Waals surface area contributed by atoms with Gasteiger partial charge in [0.05, 0.1) is 0 Å². The summed E-state index contributed by atoms with van der Waals surface area (Å²) >= 11 is 5.98. The Morgan fingerprint density at radius 1 is 0.964 bits per heavy atom. The average molecular weight is 397 g/mol. The molecule has 0 atom stereocenters. The van der Waals surface area contributed by atoms with Crippen LogP contribution in [0.5, 0.6) is 5.75 Å². The number of anilines is 3. The van der Waals surface area contributed by atoms with E-state index in [1.807, 2.05) is 39.0 Å². The number of hydrogen-bond acceptors (Lipinski definition) is 5. The first-order valence-corrected chi connectivity index (χ1v) is 9.15. The van der Waals surface area contributed by atoms with Crippen molar-refractivity contribution < 1.29 is 9.53 Å². The van der Waals surface area contributed by atoms with E-state index in [0.717, 1.165) is 22.6 Å². The van der Waals surface area contributed by atoms with Crippen LogP contribution in [0.3, 0.4) is 0 Å². The first-order valence-electron chi connectivity index (χ1n) is 8.77. The number of amides is 1. The molecule has 0 radical (unpaired) electrons. The first-order chi connectivity index (χ1) is 13.4. The van der Waals surface area contributed by atoms with Gasteiger partial charge < -0.3 is 15.4 Å². The van der Waals surface area contributed by atoms with Crippen molar-refractivity contribution in [3.05, 3.63) is 70.5 Å². The summed E-state index contributed by atoms with van der Waals surface area (Å²) in [4.78, 5) is 20.8. The Balaban J connectivity index is 1.54. The van der Waals surface area contributed by atoms with E-state index in [1.54, 1.807) is 30.3 Å². The highest BCUT2D eigenvalue weighted by Gasteiger charge is 2.06. The summed E-state index contributed by atoms with van der Waals surface area (Å²) in [7, 11) is 0. The molecule has 0 aliphatic carbocycles. The van der Waals surface area contributed by atoms with Gasteiger partial charge in [0.2, 0.25) is 5.95 Å². The number of nitrogens with zero attached hydrogens (tertiary/aromatic N) is 2. The third-order valence-corrected chi connectivity index (χ3v) is 4.33. The lowest BCUT2D eigenvalue weighted by Gasteiger charge is -2.10. The molecule has 0 saturated carbocycles. The molecule has 7 heteroatoms. The number of aryl methyl sites for hydroxylation is 3. The second kappa shape index (κ2) is 8.71. The SMILES string of the molecule is Cc1cc(C)nc(Nc2ccc(NC(=O)COc3ccc(Cl)c(C)c3)cc2)n1. The van der Waals surface area contributed by atoms with Crippen molar-refractivity contribution >= 4 is 34.8 Å². The molecule has 3 rings (SSSR count). The lowest BCUT2D eigenvalue weighted by Crippen LogP contribution is -2.20. The van der Waals surface area contributed by atoms with Crippen LogP contribution in [0, 0.1) is 20.8 Å². The molecule has 0 fully saturated rings. The van der Waals surface area contributed by atoms with Crippen molar-refractivity contribution in [2.45, 2.75) is 20.8 Å². The highest BCUT2D eigenvalue weighted by atomic mass is 35.5. The van der Waals surface area contributed by atoms with Crippen molar-refractivity contribution in [3.63, 3.8) is 0 Å². The summed E-state index contributed by atoms with van der Waals surface area (Å²) in [5.74, 6) is 0.900. The van der Waals surface area contributed by atoms with Crippen LogP contribution in [0.1, 0.15) is 17.0 Å². The van der Waals surface area contributed by atoms with Crippen molar-refractivity contribution in [1.29, 1.82) is 0 Å². The third kappa shape index (κ3) is 5.44. The summed E-state index contributed by atoms with van der Waals surface area (Å²) < 4.78 is 5.50. The fraction of sp³-hybridized carbons (Fsp3) is 0.190. The van der Waals surface area contributed by atoms with E-state index in [0.29, 0.717) is 22.4 Å². The van der Waals surface area contributed by atoms with Crippen molar-refractivity contribution in [3.8, 4) is 5.75 Å². The predicted molar refractivity (Wildman–Crippen MR) is 112 cm³/mol. The highest BCUT2D eigenvalue weighted by Crippen LogP contribution is 2.21. The Bertz CT molecular complexity index is 970. The van der Waals surface area contributed by atoms with E-state index in [9.17, 15) is 4.79 Å². The summed E-state index contributed by atoms with van der Waals surface area (Å²) in [5, 5.41) is 6.61. The van der Waals surface area contributed by atoms with Gasteiger partial charge >= 0.3 is 0 Å². The normalized spacial score (nSPS) is 10.4. The van der Waals surface area contributed by atoms with Gasteiger partial charge in [0.15, 0.2) is 6.61 Å². The van der Waals surface area contributed by atoms with Crippen molar-refractivity contribution in [1.82, 2.24) is 9.97 Å². The zero-order valence-corrected chi connectivity index (χ0v) is 16.7. The number of rotatable bonds is 6. The Morgan fingerprint density at radius 2 is 1.61 bits per heavy atom. The number of carbonyl (C=O) groups is 1. The maximum atomic E-state index is 12.1. The van der Waals surface area contributed by atoms with Crippen LogP contribution < -0.4 is 15.4 Å². The number of benzene rings is 2. The number of carbonyl (C=O) groups excluding carboxylic acids is 1. The van der Waals surface area contributed by atoms with Crippen LogP contribution >= 0.6 is 11.6 Å². The van der Waals surface area contributed by atoms with Gasteiger partial charge in [-0.15, -0.1) is 0 Å². The van der Waals surface area contributed by atoms with Gasteiger partial charge in [0, 0.05) is 27.8 Å². The highest BCUT2D eigenvalue weighted by molar-refractivity contribution is 6.31. The van der Waals surface area contributed by atoms with Crippen molar-refractivity contribution in [2.24, 2.45) is 0 Å². The Labute approximate surface area is 168 Å². The predicted octanol–water partition coefficient (Wildman–Crippen LogP) is 4.82. The minimum Gasteiger partial charge on any atom is -0.484 e. The second-order valence-electron chi connectivity index (χ2n) is 6.42. The smallest absolute Gasteiger partial charge is 0.262 e. The number of hydrogen-bond donors (Lipinski definition) is 2. The molecule has 2 N–H and O–H groups in total. The van der Waals surface area contributed by atoms with Gasteiger partial charge in [-0.05, 0) is 74.9 Å². The van der Waals surface area contributed by atoms with E-state index in [1.165, 1.54) is 0 Å². The summed E-state index contributed by atoms with van der Waals surface area (Å²) in [6.07, 6.45) is 0. The third-order valence-electron chi connectivity index (χ3n) is 3.91. The van der Waals surface area contributed by atoms with Crippen LogP contribution in [-0.2, 0) is 4.79 Å². The molecule has 2 aromatic carbocycles. The molecule has 1 aromatic heterocycles. The molecule has 0 unspecified atom stereocenters. The summed E-state index contributed by atoms with van der Waals surface area (Å²) in [5.41, 5.74) is 4.20. The molecular weight excluding hydrogens is 376 g/mol. The molecule has 28 heavy (non-hydrogen) atoms. The lowest BCUT2D eigenvalue weighted by molar-refractivity contribution is -0.118. The number of nitrogens with one attached hydrogen (secondary N) is 2. The molecule has 0 saturated heterocycles. The number of halogens is 1. The maximum absolute atomic E-state index is 12.1. The van der Waals surface area contributed by atoms with Crippen LogP contribution in [0.25, 0.3) is 0 Å².